The lowest BCUT2D eigenvalue weighted by molar-refractivity contribution is -0.757. The van der Waals surface area contributed by atoms with Crippen molar-refractivity contribution in [1.82, 2.24) is 14.2 Å². The lowest BCUT2D eigenvalue weighted by Crippen LogP contribution is -2.41. The number of carbonyl (C=O) groups excluding carboxylic acids is 2. The van der Waals surface area contributed by atoms with Crippen LogP contribution < -0.4 is 15.6 Å². The molecule has 46 heavy (non-hydrogen) atoms. The van der Waals surface area contributed by atoms with Crippen molar-refractivity contribution in [3.05, 3.63) is 79.8 Å². The van der Waals surface area contributed by atoms with Gasteiger partial charge in [-0.3, -0.25) is 9.36 Å². The van der Waals surface area contributed by atoms with Crippen molar-refractivity contribution in [2.45, 2.75) is 64.3 Å². The van der Waals surface area contributed by atoms with Gasteiger partial charge in [0.1, 0.15) is 24.6 Å². The first-order valence-electron chi connectivity index (χ1n) is 14.4. The highest BCUT2D eigenvalue weighted by molar-refractivity contribution is 7.89. The molecule has 0 bridgehead atoms. The molecule has 4 rings (SSSR count). The van der Waals surface area contributed by atoms with E-state index in [9.17, 15) is 32.9 Å². The zero-order valence-corrected chi connectivity index (χ0v) is 26.9. The second kappa shape index (κ2) is 13.7. The Kier molecular flexibility index (Phi) is 10.2. The summed E-state index contributed by atoms with van der Waals surface area (Å²) in [6.45, 7) is 8.00. The number of hydrogen-bond donors (Lipinski definition) is 1. The van der Waals surface area contributed by atoms with E-state index >= 15 is 0 Å². The van der Waals surface area contributed by atoms with Crippen LogP contribution in [-0.2, 0) is 31.1 Å². The van der Waals surface area contributed by atoms with Crippen molar-refractivity contribution >= 4 is 32.9 Å². The third kappa shape index (κ3) is 8.11. The number of nitrogens with zero attached hydrogens (tertiary/aromatic N) is 3. The molecule has 1 amide bonds. The summed E-state index contributed by atoms with van der Waals surface area (Å²) in [4.78, 5) is 52.9. The summed E-state index contributed by atoms with van der Waals surface area (Å²) in [7, 11) is -4.04. The number of rotatable bonds is 11. The molecule has 0 spiro atoms. The lowest BCUT2D eigenvalue weighted by atomic mass is 10.1. The van der Waals surface area contributed by atoms with Gasteiger partial charge >= 0.3 is 12.1 Å². The highest BCUT2D eigenvalue weighted by atomic mass is 32.2. The van der Waals surface area contributed by atoms with E-state index in [2.05, 4.69) is 10.2 Å². The summed E-state index contributed by atoms with van der Waals surface area (Å²) < 4.78 is 46.0. The Bertz CT molecular complexity index is 1820. The minimum Gasteiger partial charge on any atom is -0.492 e. The first kappa shape index (κ1) is 34.2. The maximum atomic E-state index is 13.7. The maximum Gasteiger partial charge on any atom is 0.407 e. The van der Waals surface area contributed by atoms with Crippen molar-refractivity contribution in [2.24, 2.45) is 0 Å². The minimum atomic E-state index is -4.04. The summed E-state index contributed by atoms with van der Waals surface area (Å²) in [5.41, 5.74) is -0.0287. The van der Waals surface area contributed by atoms with Gasteiger partial charge in [-0.2, -0.15) is 4.31 Å². The van der Waals surface area contributed by atoms with Crippen molar-refractivity contribution in [2.75, 3.05) is 26.3 Å². The monoisotopic (exact) mass is 660 g/mol. The topological polar surface area (TPSA) is 186 Å². The molecule has 1 fully saturated rings. The van der Waals surface area contributed by atoms with Crippen LogP contribution in [0.4, 0.5) is 4.79 Å². The molecule has 16 heteroatoms. The highest BCUT2D eigenvalue weighted by Gasteiger charge is 2.35. The van der Waals surface area contributed by atoms with E-state index in [4.69, 9.17) is 14.2 Å². The average Bonchev–Trinajstić information content (AvgIpc) is 3.44. The van der Waals surface area contributed by atoms with Gasteiger partial charge in [-0.25, -0.2) is 18.0 Å². The van der Waals surface area contributed by atoms with Crippen LogP contribution >= 0.6 is 0 Å². The first-order chi connectivity index (χ1) is 21.6. The van der Waals surface area contributed by atoms with Gasteiger partial charge in [0.25, 0.3) is 10.6 Å². The Hall–Kier alpha value is -4.70. The van der Waals surface area contributed by atoms with E-state index < -0.39 is 51.1 Å². The smallest absolute Gasteiger partial charge is 0.407 e. The van der Waals surface area contributed by atoms with Crippen LogP contribution in [-0.4, -0.2) is 72.4 Å². The number of benzene rings is 2. The van der Waals surface area contributed by atoms with Gasteiger partial charge in [-0.05, 0) is 82.5 Å². The van der Waals surface area contributed by atoms with E-state index in [0.717, 1.165) is 0 Å². The van der Waals surface area contributed by atoms with Crippen LogP contribution in [0.15, 0.2) is 52.3 Å². The number of esters is 1. The second-order valence-electron chi connectivity index (χ2n) is 11.7. The van der Waals surface area contributed by atoms with Crippen molar-refractivity contribution in [3.8, 4) is 5.75 Å². The molecule has 1 aliphatic heterocycles. The van der Waals surface area contributed by atoms with Crippen LogP contribution in [0.3, 0.4) is 0 Å². The predicted molar refractivity (Wildman–Crippen MR) is 165 cm³/mol. The number of ether oxygens (including phenoxy) is 3. The molecule has 3 aromatic rings. The van der Waals surface area contributed by atoms with Crippen molar-refractivity contribution < 1.29 is 42.1 Å². The third-order valence-corrected chi connectivity index (χ3v) is 8.96. The molecule has 1 aromatic heterocycles. The number of pyridine rings is 1. The van der Waals surface area contributed by atoms with Gasteiger partial charge in [0.2, 0.25) is 10.0 Å². The fourth-order valence-electron chi connectivity index (χ4n) is 5.05. The van der Waals surface area contributed by atoms with E-state index in [1.165, 1.54) is 45.4 Å². The summed E-state index contributed by atoms with van der Waals surface area (Å²) in [6.07, 6.45) is 1.21. The zero-order valence-electron chi connectivity index (χ0n) is 26.1. The number of fused-ring (bicyclic) bond motifs is 1. The molecular formula is C30H36N4O11S. The van der Waals surface area contributed by atoms with Gasteiger partial charge < -0.3 is 24.4 Å². The molecule has 0 radical (unpaired) electrons. The van der Waals surface area contributed by atoms with Crippen LogP contribution in [0, 0.1) is 24.0 Å². The molecule has 0 saturated carbocycles. The molecule has 1 N–H and O–H groups in total. The molecule has 1 aliphatic rings. The Morgan fingerprint density at radius 3 is 2.52 bits per heavy atom. The number of aryl methyl sites for hydroxylation is 2. The van der Waals surface area contributed by atoms with Gasteiger partial charge in [0.05, 0.1) is 10.5 Å². The van der Waals surface area contributed by atoms with Crippen LogP contribution in [0.2, 0.25) is 0 Å². The summed E-state index contributed by atoms with van der Waals surface area (Å²) >= 11 is 0. The van der Waals surface area contributed by atoms with E-state index in [0.29, 0.717) is 23.3 Å². The molecule has 1 atom stereocenters. The lowest BCUT2D eigenvalue weighted by Gasteiger charge is -2.22. The maximum absolute atomic E-state index is 13.7. The fourth-order valence-corrected chi connectivity index (χ4v) is 6.83. The zero-order chi connectivity index (χ0) is 33.8. The first-order valence-corrected chi connectivity index (χ1v) is 15.8. The number of nitrogens with one attached hydrogen (secondary N) is 1. The molecule has 0 aliphatic carbocycles. The Balaban J connectivity index is 1.47. The van der Waals surface area contributed by atoms with Gasteiger partial charge in [0, 0.05) is 36.1 Å². The summed E-state index contributed by atoms with van der Waals surface area (Å²) in [5.74, 6) is -0.331. The van der Waals surface area contributed by atoms with Gasteiger partial charge in [-0.15, -0.1) is 10.1 Å². The standard InChI is InChI=1S/C30H36N4O11S/c1-19-15-22(42-13-14-44-34(38)39)9-10-23(19)28(36)43-18-32-16-20(2)26-24(27(32)35)7-6-8-25(26)46(40,41)33-12-11-21(17-33)31-29(37)45-30(3,4)5/h6-10,15-16,21H,11-14,17-18H2,1-5H3,(H,31,37)/t21-/m0/s1. The molecular weight excluding hydrogens is 624 g/mol. The molecule has 15 nitrogen and oxygen atoms in total. The number of sulfonamides is 1. The third-order valence-electron chi connectivity index (χ3n) is 7.05. The normalized spacial score (nSPS) is 15.4. The fraction of sp³-hybridized carbons (Fsp3) is 0.433. The molecule has 0 unspecified atom stereocenters. The molecule has 248 valence electrons. The number of aromatic nitrogens is 1. The number of amides is 1. The largest absolute Gasteiger partial charge is 0.492 e. The minimum absolute atomic E-state index is 0.0375. The molecule has 2 heterocycles. The molecule has 2 aromatic carbocycles. The van der Waals surface area contributed by atoms with Crippen molar-refractivity contribution in [1.29, 1.82) is 0 Å². The average molecular weight is 661 g/mol. The Morgan fingerprint density at radius 1 is 1.11 bits per heavy atom. The van der Waals surface area contributed by atoms with Crippen LogP contribution in [0.5, 0.6) is 5.75 Å². The van der Waals surface area contributed by atoms with Crippen molar-refractivity contribution in [3.63, 3.8) is 0 Å². The van der Waals surface area contributed by atoms with E-state index in [-0.39, 0.29) is 47.5 Å². The number of carbonyl (C=O) groups is 2. The second-order valence-corrected chi connectivity index (χ2v) is 13.6. The van der Waals surface area contributed by atoms with E-state index in [1.54, 1.807) is 40.7 Å². The Labute approximate surface area is 265 Å². The predicted octanol–water partition coefficient (Wildman–Crippen LogP) is 3.31. The summed E-state index contributed by atoms with van der Waals surface area (Å²) in [6, 6.07) is 8.53. The van der Waals surface area contributed by atoms with E-state index in [1.807, 2.05) is 0 Å². The summed E-state index contributed by atoms with van der Waals surface area (Å²) in [5, 5.41) is 12.4. The van der Waals surface area contributed by atoms with Gasteiger partial charge in [0.15, 0.2) is 6.73 Å². The number of hydrogen-bond acceptors (Lipinski definition) is 11. The number of alkyl carbamates (subject to hydrolysis) is 1. The van der Waals surface area contributed by atoms with Gasteiger partial charge in [-0.1, -0.05) is 6.07 Å². The van der Waals surface area contributed by atoms with Crippen LogP contribution in [0.1, 0.15) is 48.7 Å². The SMILES string of the molecule is Cc1cc(OCCO[N+](=O)[O-])ccc1C(=O)OCn1cc(C)c2c(S(=O)(=O)N3CC[C@H](NC(=O)OC(C)(C)C)C3)cccc2c1=O. The highest BCUT2D eigenvalue weighted by Crippen LogP contribution is 2.29. The van der Waals surface area contributed by atoms with Crippen LogP contribution in [0.25, 0.3) is 10.8 Å². The Morgan fingerprint density at radius 2 is 1.85 bits per heavy atom. The quantitative estimate of drug-likeness (QED) is 0.138. The molecule has 1 saturated heterocycles.